The number of unbranched alkanes of at least 4 members (excludes halogenated alkanes) is 1. The highest BCUT2D eigenvalue weighted by Crippen LogP contribution is 2.18. The van der Waals surface area contributed by atoms with Gasteiger partial charge in [0.05, 0.1) is 0 Å². The molecule has 0 heterocycles. The molecule has 0 aliphatic carbocycles. The van der Waals surface area contributed by atoms with Crippen molar-refractivity contribution < 1.29 is 19.7 Å². The number of nitrogens with one attached hydrogen (secondary N) is 2. The smallest absolute Gasteiger partial charge is 0.326 e. The second-order valence-electron chi connectivity index (χ2n) is 8.31. The van der Waals surface area contributed by atoms with E-state index in [1.54, 1.807) is 0 Å². The Kier molecular flexibility index (Phi) is 11.7. The third-order valence-corrected chi connectivity index (χ3v) is 5.59. The molecule has 188 valence electrons. The topological polar surface area (TPSA) is 160 Å². The number of hydrogen-bond donors (Lipinski definition) is 4. The van der Waals surface area contributed by atoms with Crippen molar-refractivity contribution in [1.82, 2.24) is 10.6 Å². The summed E-state index contributed by atoms with van der Waals surface area (Å²) in [7, 11) is 0. The van der Waals surface area contributed by atoms with Crippen LogP contribution in [0.5, 0.6) is 0 Å². The van der Waals surface area contributed by atoms with E-state index >= 15 is 0 Å². The summed E-state index contributed by atoms with van der Waals surface area (Å²) >= 11 is 0. The zero-order chi connectivity index (χ0) is 25.5. The molecule has 10 nitrogen and oxygen atoms in total. The lowest BCUT2D eigenvalue weighted by Crippen LogP contribution is -2.44. The van der Waals surface area contributed by atoms with Crippen molar-refractivity contribution >= 4 is 17.8 Å². The lowest BCUT2D eigenvalue weighted by atomic mass is 9.92. The van der Waals surface area contributed by atoms with Crippen LogP contribution >= 0.6 is 0 Å². The molecule has 1 unspecified atom stereocenters. The maximum absolute atomic E-state index is 13.1. The summed E-state index contributed by atoms with van der Waals surface area (Å²) < 4.78 is 0. The van der Waals surface area contributed by atoms with Gasteiger partial charge in [-0.3, -0.25) is 4.79 Å². The van der Waals surface area contributed by atoms with Crippen LogP contribution in [0, 0.1) is 16.0 Å². The van der Waals surface area contributed by atoms with E-state index in [-0.39, 0.29) is 30.8 Å². The number of carbonyl (C=O) groups is 2. The van der Waals surface area contributed by atoms with Crippen molar-refractivity contribution in [1.29, 1.82) is 0 Å². The van der Waals surface area contributed by atoms with Crippen molar-refractivity contribution in [3.8, 4) is 0 Å². The minimum atomic E-state index is -1.13. The van der Waals surface area contributed by atoms with E-state index in [9.17, 15) is 24.8 Å². The Labute approximate surface area is 204 Å². The van der Waals surface area contributed by atoms with Crippen LogP contribution in [-0.4, -0.2) is 40.6 Å². The molecule has 2 aromatic rings. The minimum Gasteiger partial charge on any atom is -0.480 e. The molecule has 2 rings (SSSR count). The van der Waals surface area contributed by atoms with Gasteiger partial charge in [-0.2, -0.15) is 0 Å². The van der Waals surface area contributed by atoms with Crippen LogP contribution in [0.1, 0.15) is 43.2 Å². The number of carbonyl (C=O) groups excluding carboxylic acids is 1. The van der Waals surface area contributed by atoms with Crippen LogP contribution in [0.2, 0.25) is 0 Å². The molecule has 1 amide bonds. The molecule has 0 radical (unpaired) electrons. The van der Waals surface area contributed by atoms with E-state index < -0.39 is 17.0 Å². The average Bonchev–Trinajstić information content (AvgIpc) is 2.83. The van der Waals surface area contributed by atoms with Crippen LogP contribution in [0.3, 0.4) is 0 Å². The Hall–Kier alpha value is -3.95. The molecule has 0 aromatic heterocycles. The van der Waals surface area contributed by atoms with E-state index in [1.807, 2.05) is 48.5 Å². The number of hydrazone groups is 1. The fourth-order valence-electron chi connectivity index (χ4n) is 3.78. The van der Waals surface area contributed by atoms with E-state index in [0.29, 0.717) is 19.3 Å². The van der Waals surface area contributed by atoms with Gasteiger partial charge >= 0.3 is 5.97 Å². The number of hydrogen-bond acceptors (Lipinski definition) is 4. The first-order valence-electron chi connectivity index (χ1n) is 11.7. The van der Waals surface area contributed by atoms with Gasteiger partial charge in [-0.1, -0.05) is 67.1 Å². The van der Waals surface area contributed by atoms with Gasteiger partial charge in [0, 0.05) is 12.5 Å². The first kappa shape index (κ1) is 27.3. The van der Waals surface area contributed by atoms with Crippen molar-refractivity contribution in [2.24, 2.45) is 16.8 Å². The lowest BCUT2D eigenvalue weighted by molar-refractivity contribution is -0.485. The van der Waals surface area contributed by atoms with Gasteiger partial charge in [-0.15, -0.1) is 0 Å². The van der Waals surface area contributed by atoms with Gasteiger partial charge in [0.2, 0.25) is 5.91 Å². The van der Waals surface area contributed by atoms with E-state index in [1.165, 1.54) is 5.56 Å². The highest BCUT2D eigenvalue weighted by molar-refractivity contribution is 5.85. The summed E-state index contributed by atoms with van der Waals surface area (Å²) in [6.45, 7) is 0.190. The Morgan fingerprint density at radius 2 is 1.60 bits per heavy atom. The summed E-state index contributed by atoms with van der Waals surface area (Å²) in [5, 5.41) is 27.1. The molecule has 0 aliphatic rings. The molecule has 5 N–H and O–H groups in total. The second-order valence-corrected chi connectivity index (χ2v) is 8.31. The van der Waals surface area contributed by atoms with E-state index in [2.05, 4.69) is 27.9 Å². The number of carboxylic acids is 1. The highest BCUT2D eigenvalue weighted by atomic mass is 16.7. The predicted octanol–water partition coefficient (Wildman–Crippen LogP) is 2.70. The number of aryl methyl sites for hydroxylation is 1. The van der Waals surface area contributed by atoms with Crippen molar-refractivity contribution in [3.05, 3.63) is 81.9 Å². The predicted molar refractivity (Wildman–Crippen MR) is 133 cm³/mol. The van der Waals surface area contributed by atoms with E-state index in [4.69, 9.17) is 5.73 Å². The fourth-order valence-corrected chi connectivity index (χ4v) is 3.78. The molecular weight excluding hydrogens is 450 g/mol. The van der Waals surface area contributed by atoms with Crippen molar-refractivity contribution in [3.63, 3.8) is 0 Å². The SMILES string of the molecule is NC(=N[N+](=O)[O-])NCCC[C@H](NC(=O)C(CCCCc1ccccc1)Cc1ccccc1)C(=O)O. The minimum absolute atomic E-state index is 0.145. The van der Waals surface area contributed by atoms with Gasteiger partial charge in [-0.05, 0) is 49.7 Å². The Morgan fingerprint density at radius 3 is 2.20 bits per heavy atom. The maximum atomic E-state index is 13.1. The third kappa shape index (κ3) is 11.1. The van der Waals surface area contributed by atoms with Crippen LogP contribution in [-0.2, 0) is 22.4 Å². The van der Waals surface area contributed by atoms with Gasteiger partial charge in [0.15, 0.2) is 5.03 Å². The van der Waals surface area contributed by atoms with Gasteiger partial charge in [-0.25, -0.2) is 14.9 Å². The first-order valence-corrected chi connectivity index (χ1v) is 11.7. The molecule has 35 heavy (non-hydrogen) atoms. The Bertz CT molecular complexity index is 969. The van der Waals surface area contributed by atoms with Gasteiger partial charge in [0.1, 0.15) is 11.1 Å². The number of nitrogens with zero attached hydrogens (tertiary/aromatic N) is 2. The second kappa shape index (κ2) is 15.0. The van der Waals surface area contributed by atoms with Crippen LogP contribution < -0.4 is 16.4 Å². The maximum Gasteiger partial charge on any atom is 0.326 e. The zero-order valence-electron chi connectivity index (χ0n) is 19.6. The highest BCUT2D eigenvalue weighted by Gasteiger charge is 2.25. The number of guanidine groups is 1. The van der Waals surface area contributed by atoms with Gasteiger partial charge < -0.3 is 21.5 Å². The molecule has 10 heteroatoms. The van der Waals surface area contributed by atoms with Crippen molar-refractivity contribution in [2.45, 2.75) is 51.0 Å². The first-order chi connectivity index (χ1) is 16.8. The number of nitro groups is 1. The monoisotopic (exact) mass is 483 g/mol. The number of amides is 1. The zero-order valence-corrected chi connectivity index (χ0v) is 19.6. The van der Waals surface area contributed by atoms with Crippen molar-refractivity contribution in [2.75, 3.05) is 6.54 Å². The lowest BCUT2D eigenvalue weighted by Gasteiger charge is -2.21. The number of aliphatic carboxylic acids is 1. The molecule has 2 atom stereocenters. The number of benzene rings is 2. The molecule has 0 bridgehead atoms. The number of rotatable bonds is 15. The fraction of sp³-hybridized carbons (Fsp3) is 0.400. The third-order valence-electron chi connectivity index (χ3n) is 5.59. The van der Waals surface area contributed by atoms with Crippen LogP contribution in [0.15, 0.2) is 65.8 Å². The Balaban J connectivity index is 1.92. The molecule has 0 spiro atoms. The number of carboxylic acid groups (broad SMARTS) is 1. The summed E-state index contributed by atoms with van der Waals surface area (Å²) in [5.41, 5.74) is 7.62. The summed E-state index contributed by atoms with van der Waals surface area (Å²) in [6.07, 6.45) is 4.35. The summed E-state index contributed by atoms with van der Waals surface area (Å²) in [5.74, 6) is -2.13. The molecule has 2 aromatic carbocycles. The standard InChI is InChI=1S/C25H33N5O5/c26-25(29-30(34)35)27-17-9-16-22(24(32)33)28-23(31)21(18-20-13-5-2-6-14-20)15-8-7-12-19-10-3-1-4-11-19/h1-6,10-11,13-14,21-22H,7-9,12,15-18H2,(H,28,31)(H,32,33)(H3,26,27,29)/t21?,22-/m0/s1. The largest absolute Gasteiger partial charge is 0.480 e. The molecular formula is C25H33N5O5. The Morgan fingerprint density at radius 1 is 0.971 bits per heavy atom. The van der Waals surface area contributed by atoms with Crippen LogP contribution in [0.4, 0.5) is 0 Å². The summed E-state index contributed by atoms with van der Waals surface area (Å²) in [4.78, 5) is 35.1. The summed E-state index contributed by atoms with van der Waals surface area (Å²) in [6, 6.07) is 18.8. The molecule has 0 fully saturated rings. The quantitative estimate of drug-likeness (QED) is 0.0996. The average molecular weight is 484 g/mol. The van der Waals surface area contributed by atoms with Crippen LogP contribution in [0.25, 0.3) is 0 Å². The molecule has 0 saturated heterocycles. The normalized spacial score (nSPS) is 13.0. The molecule has 0 saturated carbocycles. The number of nitrogens with two attached hydrogens (primary N) is 1. The molecule has 0 aliphatic heterocycles. The van der Waals surface area contributed by atoms with Gasteiger partial charge in [0.25, 0.3) is 5.96 Å². The van der Waals surface area contributed by atoms with E-state index in [0.717, 1.165) is 24.8 Å².